The van der Waals surface area contributed by atoms with Gasteiger partial charge in [-0.1, -0.05) is 0 Å². The number of likely N-dealkylation sites (N-methyl/N-ethyl adjacent to an activating group) is 1. The van der Waals surface area contributed by atoms with Crippen molar-refractivity contribution in [1.82, 2.24) is 9.88 Å². The Morgan fingerprint density at radius 3 is 2.50 bits per heavy atom. The van der Waals surface area contributed by atoms with Crippen LogP contribution in [0.1, 0.15) is 32.4 Å². The Hall–Kier alpha value is -1.62. The lowest BCUT2D eigenvalue weighted by atomic mass is 10.1. The summed E-state index contributed by atoms with van der Waals surface area (Å²) in [7, 11) is 1.68. The van der Waals surface area contributed by atoms with Crippen LogP contribution >= 0.6 is 0 Å². The second-order valence-electron chi connectivity index (χ2n) is 5.25. The number of carbonyl (C=O) groups is 1. The first-order valence-electron chi connectivity index (χ1n) is 5.89. The van der Waals surface area contributed by atoms with E-state index in [1.807, 2.05) is 32.9 Å². The second-order valence-corrected chi connectivity index (χ2v) is 5.25. The van der Waals surface area contributed by atoms with E-state index in [1.54, 1.807) is 19.4 Å². The Labute approximate surface area is 108 Å². The number of amides is 1. The molecule has 1 aromatic rings. The fraction of sp³-hybridized carbons (Fsp3) is 0.538. The summed E-state index contributed by atoms with van der Waals surface area (Å²) in [5.74, 6) is 0. The van der Waals surface area contributed by atoms with E-state index >= 15 is 0 Å². The molecule has 0 saturated heterocycles. The Bertz CT molecular complexity index is 387. The third-order valence-electron chi connectivity index (χ3n) is 2.31. The first-order valence-corrected chi connectivity index (χ1v) is 5.89. The van der Waals surface area contributed by atoms with Gasteiger partial charge in [-0.3, -0.25) is 4.98 Å². The number of nitrogens with zero attached hydrogens (tertiary/aromatic N) is 2. The van der Waals surface area contributed by atoms with Crippen LogP contribution in [0.4, 0.5) is 4.79 Å². The molecule has 1 aromatic heterocycles. The first kappa shape index (κ1) is 14.4. The first-order chi connectivity index (χ1) is 8.29. The summed E-state index contributed by atoms with van der Waals surface area (Å²) >= 11 is 0. The average Bonchev–Trinajstić information content (AvgIpc) is 2.27. The molecular formula is C13H21N3O2. The molecule has 1 amide bonds. The number of hydrogen-bond acceptors (Lipinski definition) is 4. The summed E-state index contributed by atoms with van der Waals surface area (Å²) in [4.78, 5) is 17.2. The molecule has 0 fully saturated rings. The van der Waals surface area contributed by atoms with E-state index in [9.17, 15) is 4.79 Å². The molecular weight excluding hydrogens is 230 g/mol. The minimum absolute atomic E-state index is 0.245. The maximum Gasteiger partial charge on any atom is 0.410 e. The lowest BCUT2D eigenvalue weighted by Crippen LogP contribution is -2.38. The van der Waals surface area contributed by atoms with Gasteiger partial charge in [-0.15, -0.1) is 0 Å². The van der Waals surface area contributed by atoms with Crippen molar-refractivity contribution in [2.45, 2.75) is 32.4 Å². The van der Waals surface area contributed by atoms with Crippen molar-refractivity contribution in [3.63, 3.8) is 0 Å². The normalized spacial score (nSPS) is 12.9. The molecule has 0 aromatic carbocycles. The number of ether oxygens (including phenoxy) is 1. The van der Waals surface area contributed by atoms with Crippen LogP contribution < -0.4 is 5.73 Å². The van der Waals surface area contributed by atoms with Gasteiger partial charge in [0.1, 0.15) is 5.60 Å². The van der Waals surface area contributed by atoms with Crippen molar-refractivity contribution < 1.29 is 9.53 Å². The average molecular weight is 251 g/mol. The summed E-state index contributed by atoms with van der Waals surface area (Å²) in [6.45, 7) is 5.91. The van der Waals surface area contributed by atoms with Crippen molar-refractivity contribution in [2.24, 2.45) is 5.73 Å². The van der Waals surface area contributed by atoms with Gasteiger partial charge < -0.3 is 15.4 Å². The van der Waals surface area contributed by atoms with E-state index in [2.05, 4.69) is 4.98 Å². The number of hydrogen-bond donors (Lipinski definition) is 1. The molecule has 0 spiro atoms. The van der Waals surface area contributed by atoms with E-state index in [0.29, 0.717) is 6.54 Å². The maximum absolute atomic E-state index is 11.8. The molecule has 0 saturated carbocycles. The van der Waals surface area contributed by atoms with Crippen molar-refractivity contribution >= 4 is 6.09 Å². The molecule has 1 unspecified atom stereocenters. The number of pyridine rings is 1. The van der Waals surface area contributed by atoms with Crippen LogP contribution in [0, 0.1) is 0 Å². The molecule has 5 nitrogen and oxygen atoms in total. The molecule has 0 aliphatic rings. The quantitative estimate of drug-likeness (QED) is 0.891. The molecule has 1 heterocycles. The van der Waals surface area contributed by atoms with Gasteiger partial charge in [-0.2, -0.15) is 0 Å². The molecule has 0 aliphatic carbocycles. The molecule has 0 aliphatic heterocycles. The molecule has 1 atom stereocenters. The van der Waals surface area contributed by atoms with Crippen LogP contribution in [0.2, 0.25) is 0 Å². The molecule has 100 valence electrons. The Balaban J connectivity index is 2.55. The van der Waals surface area contributed by atoms with Crippen LogP contribution in [0.3, 0.4) is 0 Å². The minimum Gasteiger partial charge on any atom is -0.444 e. The Morgan fingerprint density at radius 1 is 1.44 bits per heavy atom. The van der Waals surface area contributed by atoms with E-state index in [0.717, 1.165) is 5.56 Å². The third kappa shape index (κ3) is 4.71. The zero-order valence-corrected chi connectivity index (χ0v) is 11.4. The van der Waals surface area contributed by atoms with Gasteiger partial charge in [0.05, 0.1) is 0 Å². The van der Waals surface area contributed by atoms with Gasteiger partial charge >= 0.3 is 6.09 Å². The Morgan fingerprint density at radius 2 is 2.00 bits per heavy atom. The standard InChI is InChI=1S/C13H21N3O2/c1-13(2,3)18-12(17)16(4)9-11(14)10-5-7-15-8-6-10/h5-8,11H,9,14H2,1-4H3. The van der Waals surface area contributed by atoms with Crippen LogP contribution in [-0.4, -0.2) is 35.2 Å². The third-order valence-corrected chi connectivity index (χ3v) is 2.31. The molecule has 5 heteroatoms. The van der Waals surface area contributed by atoms with Crippen LogP contribution in [0.15, 0.2) is 24.5 Å². The zero-order valence-electron chi connectivity index (χ0n) is 11.4. The van der Waals surface area contributed by atoms with Crippen molar-refractivity contribution in [2.75, 3.05) is 13.6 Å². The second kappa shape index (κ2) is 5.82. The fourth-order valence-corrected chi connectivity index (χ4v) is 1.43. The van der Waals surface area contributed by atoms with E-state index < -0.39 is 5.60 Å². The van der Waals surface area contributed by atoms with Gasteiger partial charge in [0.2, 0.25) is 0 Å². The van der Waals surface area contributed by atoms with Crippen molar-refractivity contribution in [3.8, 4) is 0 Å². The number of carbonyl (C=O) groups excluding carboxylic acids is 1. The molecule has 0 bridgehead atoms. The van der Waals surface area contributed by atoms with Crippen LogP contribution in [-0.2, 0) is 4.74 Å². The summed E-state index contributed by atoms with van der Waals surface area (Å²) in [6.07, 6.45) is 3.00. The Kier molecular flexibility index (Phi) is 4.67. The van der Waals surface area contributed by atoms with Gasteiger partial charge in [0, 0.05) is 32.0 Å². The lowest BCUT2D eigenvalue weighted by Gasteiger charge is -2.26. The summed E-state index contributed by atoms with van der Waals surface area (Å²) in [6, 6.07) is 3.44. The fourth-order valence-electron chi connectivity index (χ4n) is 1.43. The highest BCUT2D eigenvalue weighted by Crippen LogP contribution is 2.13. The topological polar surface area (TPSA) is 68.5 Å². The summed E-state index contributed by atoms with van der Waals surface area (Å²) in [5, 5.41) is 0. The molecule has 2 N–H and O–H groups in total. The van der Waals surface area contributed by atoms with E-state index in [1.165, 1.54) is 4.90 Å². The van der Waals surface area contributed by atoms with E-state index in [-0.39, 0.29) is 12.1 Å². The SMILES string of the molecule is CN(CC(N)c1ccncc1)C(=O)OC(C)(C)C. The molecule has 1 rings (SSSR count). The van der Waals surface area contributed by atoms with E-state index in [4.69, 9.17) is 10.5 Å². The molecule has 18 heavy (non-hydrogen) atoms. The van der Waals surface area contributed by atoms with Gasteiger partial charge in [0.15, 0.2) is 0 Å². The maximum atomic E-state index is 11.8. The highest BCUT2D eigenvalue weighted by atomic mass is 16.6. The minimum atomic E-state index is -0.494. The van der Waals surface area contributed by atoms with Crippen LogP contribution in [0.5, 0.6) is 0 Å². The highest BCUT2D eigenvalue weighted by Gasteiger charge is 2.21. The van der Waals surface area contributed by atoms with Crippen molar-refractivity contribution in [3.05, 3.63) is 30.1 Å². The number of rotatable bonds is 3. The number of aromatic nitrogens is 1. The largest absolute Gasteiger partial charge is 0.444 e. The predicted octanol–water partition coefficient (Wildman–Crippen LogP) is 1.95. The lowest BCUT2D eigenvalue weighted by molar-refractivity contribution is 0.0289. The monoisotopic (exact) mass is 251 g/mol. The van der Waals surface area contributed by atoms with Crippen LogP contribution in [0.25, 0.3) is 0 Å². The number of nitrogens with two attached hydrogens (primary N) is 1. The summed E-state index contributed by atoms with van der Waals surface area (Å²) in [5.41, 5.74) is 6.47. The highest BCUT2D eigenvalue weighted by molar-refractivity contribution is 5.67. The van der Waals surface area contributed by atoms with Gasteiger partial charge in [0.25, 0.3) is 0 Å². The van der Waals surface area contributed by atoms with Gasteiger partial charge in [-0.25, -0.2) is 4.79 Å². The van der Waals surface area contributed by atoms with Crippen molar-refractivity contribution in [1.29, 1.82) is 0 Å². The predicted molar refractivity (Wildman–Crippen MR) is 70.0 cm³/mol. The molecule has 0 radical (unpaired) electrons. The zero-order chi connectivity index (χ0) is 13.8. The summed E-state index contributed by atoms with van der Waals surface area (Å²) < 4.78 is 5.26. The smallest absolute Gasteiger partial charge is 0.410 e. The van der Waals surface area contributed by atoms with Gasteiger partial charge in [-0.05, 0) is 38.5 Å².